The molecule has 0 radical (unpaired) electrons. The van der Waals surface area contributed by atoms with E-state index < -0.39 is 0 Å². The van der Waals surface area contributed by atoms with Gasteiger partial charge in [0.1, 0.15) is 0 Å². The topological polar surface area (TPSA) is 51.0 Å². The Morgan fingerprint density at radius 2 is 2.14 bits per heavy atom. The van der Waals surface area contributed by atoms with E-state index in [9.17, 15) is 0 Å². The van der Waals surface area contributed by atoms with E-state index in [0.717, 1.165) is 24.7 Å². The van der Waals surface area contributed by atoms with Crippen molar-refractivity contribution in [2.45, 2.75) is 45.1 Å². The first-order chi connectivity index (χ1) is 6.57. The molecular formula is C10H17N3O. The maximum absolute atomic E-state index is 5.65. The Morgan fingerprint density at radius 1 is 1.36 bits per heavy atom. The molecule has 1 unspecified atom stereocenters. The molecule has 1 aromatic rings. The molecule has 0 saturated carbocycles. The first-order valence-electron chi connectivity index (χ1n) is 5.14. The molecule has 1 fully saturated rings. The fourth-order valence-electron chi connectivity index (χ4n) is 1.57. The van der Waals surface area contributed by atoms with E-state index in [1.54, 1.807) is 0 Å². The molecule has 4 heteroatoms. The van der Waals surface area contributed by atoms with Crippen molar-refractivity contribution in [3.8, 4) is 0 Å². The van der Waals surface area contributed by atoms with Crippen molar-refractivity contribution in [1.29, 1.82) is 0 Å². The van der Waals surface area contributed by atoms with Crippen LogP contribution in [0.4, 0.5) is 0 Å². The molecule has 4 nitrogen and oxygen atoms in total. The molecule has 1 N–H and O–H groups in total. The van der Waals surface area contributed by atoms with E-state index in [2.05, 4.69) is 36.3 Å². The quantitative estimate of drug-likeness (QED) is 0.742. The van der Waals surface area contributed by atoms with Gasteiger partial charge in [0, 0.05) is 5.41 Å². The Balaban J connectivity index is 2.17. The summed E-state index contributed by atoms with van der Waals surface area (Å²) in [5, 5.41) is 11.5. The number of hydrogen-bond acceptors (Lipinski definition) is 4. The molecule has 78 valence electrons. The molecule has 0 amide bonds. The van der Waals surface area contributed by atoms with Gasteiger partial charge in [-0.1, -0.05) is 20.8 Å². The molecule has 1 aliphatic rings. The summed E-state index contributed by atoms with van der Waals surface area (Å²) >= 11 is 0. The van der Waals surface area contributed by atoms with E-state index in [1.165, 1.54) is 6.42 Å². The van der Waals surface area contributed by atoms with Crippen LogP contribution in [0.2, 0.25) is 0 Å². The normalized spacial score (nSPS) is 22.9. The average Bonchev–Trinajstić information content (AvgIpc) is 2.73. The average molecular weight is 195 g/mol. The third-order valence-electron chi connectivity index (χ3n) is 2.44. The lowest BCUT2D eigenvalue weighted by molar-refractivity contribution is 0.349. The predicted molar refractivity (Wildman–Crippen MR) is 53.0 cm³/mol. The van der Waals surface area contributed by atoms with Gasteiger partial charge in [0.15, 0.2) is 0 Å². The second-order valence-corrected chi connectivity index (χ2v) is 4.84. The van der Waals surface area contributed by atoms with Crippen molar-refractivity contribution in [2.75, 3.05) is 6.54 Å². The van der Waals surface area contributed by atoms with Crippen LogP contribution in [0.1, 0.15) is 51.4 Å². The van der Waals surface area contributed by atoms with Gasteiger partial charge in [-0.2, -0.15) is 0 Å². The highest BCUT2D eigenvalue weighted by Gasteiger charge is 2.26. The van der Waals surface area contributed by atoms with Gasteiger partial charge in [0.2, 0.25) is 11.8 Å². The van der Waals surface area contributed by atoms with E-state index in [-0.39, 0.29) is 11.5 Å². The summed E-state index contributed by atoms with van der Waals surface area (Å²) in [5.41, 5.74) is -0.0517. The van der Waals surface area contributed by atoms with Crippen LogP contribution in [-0.2, 0) is 5.41 Å². The summed E-state index contributed by atoms with van der Waals surface area (Å²) in [6, 6.07) is 0.276. The number of hydrogen-bond donors (Lipinski definition) is 1. The number of nitrogens with one attached hydrogen (secondary N) is 1. The van der Waals surface area contributed by atoms with Crippen molar-refractivity contribution < 1.29 is 4.42 Å². The molecule has 2 heterocycles. The van der Waals surface area contributed by atoms with E-state index in [0.29, 0.717) is 0 Å². The standard InChI is InChI=1S/C10H17N3O/c1-10(2,3)9-13-12-8(14-9)7-5-4-6-11-7/h7,11H,4-6H2,1-3H3. The first kappa shape index (κ1) is 9.65. The Bertz CT molecular complexity index is 307. The molecular weight excluding hydrogens is 178 g/mol. The minimum Gasteiger partial charge on any atom is -0.423 e. The van der Waals surface area contributed by atoms with Gasteiger partial charge in [-0.05, 0) is 19.4 Å². The second-order valence-electron chi connectivity index (χ2n) is 4.84. The molecule has 2 rings (SSSR count). The Hall–Kier alpha value is -0.900. The molecule has 0 aromatic carbocycles. The van der Waals surface area contributed by atoms with Crippen molar-refractivity contribution in [3.05, 3.63) is 11.8 Å². The van der Waals surface area contributed by atoms with Gasteiger partial charge in [0.05, 0.1) is 6.04 Å². The summed E-state index contributed by atoms with van der Waals surface area (Å²) in [6.07, 6.45) is 2.30. The molecule has 0 bridgehead atoms. The first-order valence-corrected chi connectivity index (χ1v) is 5.14. The SMILES string of the molecule is CC(C)(C)c1nnc(C2CCCN2)o1. The molecule has 1 aliphatic heterocycles. The minimum absolute atomic E-state index is 0.0517. The fraction of sp³-hybridized carbons (Fsp3) is 0.800. The lowest BCUT2D eigenvalue weighted by Crippen LogP contribution is -2.13. The second kappa shape index (κ2) is 3.35. The van der Waals surface area contributed by atoms with E-state index in [4.69, 9.17) is 4.42 Å². The Labute approximate surface area is 84.1 Å². The summed E-state index contributed by atoms with van der Waals surface area (Å²) in [5.74, 6) is 1.47. The van der Waals surface area contributed by atoms with Gasteiger partial charge in [-0.15, -0.1) is 10.2 Å². The summed E-state index contributed by atoms with van der Waals surface area (Å²) < 4.78 is 5.65. The number of rotatable bonds is 1. The van der Waals surface area contributed by atoms with E-state index >= 15 is 0 Å². The lowest BCUT2D eigenvalue weighted by Gasteiger charge is -2.11. The Morgan fingerprint density at radius 3 is 2.64 bits per heavy atom. The monoisotopic (exact) mass is 195 g/mol. The summed E-state index contributed by atoms with van der Waals surface area (Å²) in [7, 11) is 0. The molecule has 0 spiro atoms. The van der Waals surface area contributed by atoms with Gasteiger partial charge in [0.25, 0.3) is 0 Å². The maximum Gasteiger partial charge on any atom is 0.233 e. The number of nitrogens with zero attached hydrogens (tertiary/aromatic N) is 2. The third kappa shape index (κ3) is 1.80. The predicted octanol–water partition coefficient (Wildman–Crippen LogP) is 1.79. The summed E-state index contributed by atoms with van der Waals surface area (Å²) in [6.45, 7) is 7.28. The molecule has 1 aromatic heterocycles. The minimum atomic E-state index is -0.0517. The van der Waals surface area contributed by atoms with Gasteiger partial charge >= 0.3 is 0 Å². The van der Waals surface area contributed by atoms with Crippen LogP contribution in [-0.4, -0.2) is 16.7 Å². The Kier molecular flexibility index (Phi) is 2.31. The molecule has 0 aliphatic carbocycles. The van der Waals surface area contributed by atoms with Crippen molar-refractivity contribution in [1.82, 2.24) is 15.5 Å². The van der Waals surface area contributed by atoms with Crippen LogP contribution >= 0.6 is 0 Å². The van der Waals surface area contributed by atoms with Crippen molar-refractivity contribution in [2.24, 2.45) is 0 Å². The van der Waals surface area contributed by atoms with Gasteiger partial charge in [-0.3, -0.25) is 0 Å². The zero-order chi connectivity index (χ0) is 10.2. The highest BCUT2D eigenvalue weighted by molar-refractivity contribution is 4.99. The summed E-state index contributed by atoms with van der Waals surface area (Å²) in [4.78, 5) is 0. The van der Waals surface area contributed by atoms with Crippen LogP contribution in [0.3, 0.4) is 0 Å². The highest BCUT2D eigenvalue weighted by Crippen LogP contribution is 2.26. The fourth-order valence-corrected chi connectivity index (χ4v) is 1.57. The van der Waals surface area contributed by atoms with Crippen LogP contribution in [0.25, 0.3) is 0 Å². The van der Waals surface area contributed by atoms with Gasteiger partial charge < -0.3 is 9.73 Å². The zero-order valence-electron chi connectivity index (χ0n) is 9.00. The van der Waals surface area contributed by atoms with Crippen LogP contribution in [0, 0.1) is 0 Å². The van der Waals surface area contributed by atoms with Gasteiger partial charge in [-0.25, -0.2) is 0 Å². The largest absolute Gasteiger partial charge is 0.423 e. The molecule has 1 saturated heterocycles. The third-order valence-corrected chi connectivity index (χ3v) is 2.44. The van der Waals surface area contributed by atoms with E-state index in [1.807, 2.05) is 0 Å². The zero-order valence-corrected chi connectivity index (χ0v) is 9.00. The van der Waals surface area contributed by atoms with Crippen LogP contribution < -0.4 is 5.32 Å². The smallest absolute Gasteiger partial charge is 0.233 e. The van der Waals surface area contributed by atoms with Crippen molar-refractivity contribution in [3.63, 3.8) is 0 Å². The van der Waals surface area contributed by atoms with Crippen LogP contribution in [0.15, 0.2) is 4.42 Å². The highest BCUT2D eigenvalue weighted by atomic mass is 16.4. The molecule has 14 heavy (non-hydrogen) atoms. The lowest BCUT2D eigenvalue weighted by atomic mass is 9.97. The van der Waals surface area contributed by atoms with Crippen LogP contribution in [0.5, 0.6) is 0 Å². The maximum atomic E-state index is 5.65. The van der Waals surface area contributed by atoms with Crippen molar-refractivity contribution >= 4 is 0 Å². The molecule has 1 atom stereocenters. The number of aromatic nitrogens is 2.